The average Bonchev–Trinajstić information content (AvgIpc) is 2.99. The van der Waals surface area contributed by atoms with Gasteiger partial charge in [-0.3, -0.25) is 0 Å². The predicted octanol–water partition coefficient (Wildman–Crippen LogP) is 5.56. The van der Waals surface area contributed by atoms with E-state index < -0.39 is 0 Å². The van der Waals surface area contributed by atoms with Crippen molar-refractivity contribution in [2.45, 2.75) is 20.8 Å². The van der Waals surface area contributed by atoms with Crippen LogP contribution in [0.4, 0.5) is 0 Å². The van der Waals surface area contributed by atoms with E-state index >= 15 is 0 Å². The van der Waals surface area contributed by atoms with E-state index in [9.17, 15) is 0 Å². The number of fused-ring (bicyclic) bond motifs is 6. The van der Waals surface area contributed by atoms with Gasteiger partial charge in [0.05, 0.1) is 0 Å². The molecule has 0 amide bonds. The minimum absolute atomic E-state index is 0. The Hall–Kier alpha value is -2.61. The van der Waals surface area contributed by atoms with Crippen LogP contribution >= 0.6 is 0 Å². The first-order valence-corrected chi connectivity index (χ1v) is 9.23. The van der Waals surface area contributed by atoms with E-state index in [1.807, 2.05) is 10.6 Å². The van der Waals surface area contributed by atoms with Crippen LogP contribution in [0.3, 0.4) is 0 Å². The summed E-state index contributed by atoms with van der Waals surface area (Å²) < 4.78 is 4.33. The Balaban J connectivity index is 0.00000192. The molecule has 0 bridgehead atoms. The Morgan fingerprint density at radius 1 is 0.929 bits per heavy atom. The number of hydrogen-bond acceptors (Lipinski definition) is 0. The van der Waals surface area contributed by atoms with Crippen LogP contribution in [0.1, 0.15) is 16.7 Å². The zero-order valence-electron chi connectivity index (χ0n) is 16.2. The van der Waals surface area contributed by atoms with Crippen molar-refractivity contribution in [2.24, 2.45) is 0 Å². The van der Waals surface area contributed by atoms with Gasteiger partial charge in [0.25, 0.3) is 0 Å². The van der Waals surface area contributed by atoms with E-state index in [0.717, 1.165) is 11.0 Å². The molecule has 3 aromatic carbocycles. The van der Waals surface area contributed by atoms with Crippen molar-refractivity contribution < 1.29 is 24.7 Å². The van der Waals surface area contributed by atoms with Gasteiger partial charge in [0, 0.05) is 31.9 Å². The van der Waals surface area contributed by atoms with Crippen LogP contribution in [0.2, 0.25) is 0 Å². The molecule has 0 aliphatic carbocycles. The molecule has 2 nitrogen and oxygen atoms in total. The second kappa shape index (κ2) is 6.77. The van der Waals surface area contributed by atoms with E-state index in [-0.39, 0.29) is 20.1 Å². The Morgan fingerprint density at radius 2 is 1.68 bits per heavy atom. The van der Waals surface area contributed by atoms with Gasteiger partial charge in [0.2, 0.25) is 0 Å². The van der Waals surface area contributed by atoms with E-state index in [0.29, 0.717) is 0 Å². The quantitative estimate of drug-likeness (QED) is 0.149. The first-order valence-electron chi connectivity index (χ1n) is 9.23. The normalized spacial score (nSPS) is 11.2. The summed E-state index contributed by atoms with van der Waals surface area (Å²) >= 11 is 0. The summed E-state index contributed by atoms with van der Waals surface area (Å²) in [6, 6.07) is 22.8. The summed E-state index contributed by atoms with van der Waals surface area (Å²) in [6.07, 6.45) is 2.14. The molecule has 0 saturated heterocycles. The molecule has 0 aliphatic rings. The third-order valence-corrected chi connectivity index (χ3v) is 5.50. The Morgan fingerprint density at radius 3 is 2.43 bits per heavy atom. The first kappa shape index (κ1) is 18.7. The summed E-state index contributed by atoms with van der Waals surface area (Å²) in [5.41, 5.74) is 8.51. The zero-order valence-corrected chi connectivity index (χ0v) is 18.6. The van der Waals surface area contributed by atoms with Crippen molar-refractivity contribution in [3.63, 3.8) is 0 Å². The molecule has 3 heteroatoms. The zero-order chi connectivity index (χ0) is 18.7. The van der Waals surface area contributed by atoms with Crippen LogP contribution in [-0.4, -0.2) is 4.40 Å². The standard InChI is InChI=1S/C25H21N2.Ir/c1-16-12-13-22-21(14-16)19-10-5-6-11-20(19)25-26(4)15-23(27(22)25)24-17(2)8-7-9-18(24)3;/h5-10,12-15H,4H2,1-3H3;/q-1;. The van der Waals surface area contributed by atoms with Crippen molar-refractivity contribution in [1.29, 1.82) is 0 Å². The molecule has 0 saturated carbocycles. The predicted molar refractivity (Wildman–Crippen MR) is 112 cm³/mol. The molecule has 0 unspecified atom stereocenters. The van der Waals surface area contributed by atoms with Gasteiger partial charge in [-0.05, 0) is 50.4 Å². The van der Waals surface area contributed by atoms with E-state index in [4.69, 9.17) is 0 Å². The number of hydrogen-bond donors (Lipinski definition) is 0. The fourth-order valence-corrected chi connectivity index (χ4v) is 4.31. The minimum Gasteiger partial charge on any atom is -0.355 e. The van der Waals surface area contributed by atoms with Gasteiger partial charge in [-0.2, -0.15) is 0 Å². The van der Waals surface area contributed by atoms with E-state index in [2.05, 4.69) is 93.0 Å². The molecule has 28 heavy (non-hydrogen) atoms. The Bertz CT molecular complexity index is 1340. The summed E-state index contributed by atoms with van der Waals surface area (Å²) in [4.78, 5) is 0. The summed E-state index contributed by atoms with van der Waals surface area (Å²) in [5, 5.41) is 3.56. The second-order valence-corrected chi connectivity index (χ2v) is 7.39. The average molecular weight is 542 g/mol. The summed E-state index contributed by atoms with van der Waals surface area (Å²) in [7, 11) is 4.30. The van der Waals surface area contributed by atoms with Gasteiger partial charge in [-0.1, -0.05) is 46.7 Å². The summed E-state index contributed by atoms with van der Waals surface area (Å²) in [5.74, 6) is 0. The fraction of sp³-hybridized carbons (Fsp3) is 0.120. The maximum atomic E-state index is 4.30. The number of aromatic nitrogens is 2. The van der Waals surface area contributed by atoms with Crippen LogP contribution in [0.5, 0.6) is 0 Å². The van der Waals surface area contributed by atoms with Crippen molar-refractivity contribution in [2.75, 3.05) is 0 Å². The molecule has 0 fully saturated rings. The topological polar surface area (TPSA) is 8.29 Å². The largest absolute Gasteiger partial charge is 0.355 e. The van der Waals surface area contributed by atoms with E-state index in [1.165, 1.54) is 44.2 Å². The van der Waals surface area contributed by atoms with Crippen LogP contribution < -0.4 is 4.57 Å². The molecule has 1 radical (unpaired) electrons. The Kier molecular flexibility index (Phi) is 4.53. The van der Waals surface area contributed by atoms with Crippen molar-refractivity contribution >= 4 is 27.3 Å². The number of pyridine rings is 1. The molecule has 2 aromatic heterocycles. The maximum absolute atomic E-state index is 4.30. The fourth-order valence-electron chi connectivity index (χ4n) is 4.31. The number of aryl methyl sites for hydroxylation is 3. The molecule has 0 aliphatic heterocycles. The minimum atomic E-state index is 0. The molecule has 2 heterocycles. The van der Waals surface area contributed by atoms with Crippen molar-refractivity contribution in [3.8, 4) is 11.3 Å². The van der Waals surface area contributed by atoms with Crippen molar-refractivity contribution in [3.05, 3.63) is 90.6 Å². The molecule has 0 atom stereocenters. The number of benzene rings is 3. The molecule has 5 rings (SSSR count). The maximum Gasteiger partial charge on any atom is 0.194 e. The molecule has 141 valence electrons. The van der Waals surface area contributed by atoms with Crippen LogP contribution in [0.25, 0.3) is 38.6 Å². The first-order chi connectivity index (χ1) is 13.1. The number of nitrogens with zero attached hydrogens (tertiary/aromatic N) is 2. The molecular weight excluding hydrogens is 521 g/mol. The smallest absolute Gasteiger partial charge is 0.194 e. The summed E-state index contributed by atoms with van der Waals surface area (Å²) in [6.45, 7) is 6.50. The number of imidazole rings is 1. The van der Waals surface area contributed by atoms with Gasteiger partial charge in [-0.25, -0.2) is 4.40 Å². The Labute approximate surface area is 178 Å². The molecule has 0 N–H and O–H groups in total. The van der Waals surface area contributed by atoms with E-state index in [1.54, 1.807) is 0 Å². The second-order valence-electron chi connectivity index (χ2n) is 7.39. The number of rotatable bonds is 1. The van der Waals surface area contributed by atoms with Gasteiger partial charge in [-0.15, -0.1) is 24.3 Å². The van der Waals surface area contributed by atoms with Crippen LogP contribution in [0, 0.1) is 33.9 Å². The third-order valence-electron chi connectivity index (χ3n) is 5.50. The monoisotopic (exact) mass is 542 g/mol. The van der Waals surface area contributed by atoms with Gasteiger partial charge >= 0.3 is 0 Å². The SMILES string of the molecule is [CH2-][n+]1cc(-c2c(C)cccc2C)n2c3ccc(C)cc3c3ccc[c-]c3c21.[Ir]. The van der Waals surface area contributed by atoms with Crippen molar-refractivity contribution in [1.82, 2.24) is 4.40 Å². The third kappa shape index (κ3) is 2.58. The molecule has 5 aromatic rings. The molecule has 0 spiro atoms. The molecular formula is C25H21IrN2-. The van der Waals surface area contributed by atoms with Crippen LogP contribution in [-0.2, 0) is 20.1 Å². The van der Waals surface area contributed by atoms with Gasteiger partial charge < -0.3 is 4.57 Å². The van der Waals surface area contributed by atoms with Crippen LogP contribution in [0.15, 0.2) is 60.8 Å². The van der Waals surface area contributed by atoms with Gasteiger partial charge in [0.1, 0.15) is 11.2 Å². The van der Waals surface area contributed by atoms with Gasteiger partial charge in [0.15, 0.2) is 5.65 Å².